The summed E-state index contributed by atoms with van der Waals surface area (Å²) in [5.74, 6) is -0.919. The normalized spacial score (nSPS) is 39.5. The van der Waals surface area contributed by atoms with Crippen LogP contribution in [0.1, 0.15) is 126 Å². The van der Waals surface area contributed by atoms with Gasteiger partial charge in [-0.3, -0.25) is 14.4 Å². The fourth-order valence-electron chi connectivity index (χ4n) is 12.6. The molecule has 2 bridgehead atoms. The number of carboxylic acids is 1. The predicted molar refractivity (Wildman–Crippen MR) is 213 cm³/mol. The van der Waals surface area contributed by atoms with Crippen molar-refractivity contribution >= 4 is 39.5 Å². The molecule has 0 spiro atoms. The van der Waals surface area contributed by atoms with Gasteiger partial charge in [0, 0.05) is 30.2 Å². The Balaban J connectivity index is 1.37. The highest BCUT2D eigenvalue weighted by molar-refractivity contribution is 7.89. The number of esters is 2. The molecule has 0 amide bonds. The van der Waals surface area contributed by atoms with Gasteiger partial charge in [-0.05, 0) is 104 Å². The number of nitrogens with one attached hydrogen (secondary N) is 1. The quantitative estimate of drug-likeness (QED) is 0.0648. The van der Waals surface area contributed by atoms with Crippen molar-refractivity contribution in [3.8, 4) is 0 Å². The topological polar surface area (TPSA) is 171 Å². The van der Waals surface area contributed by atoms with Crippen LogP contribution in [0.15, 0.2) is 11.6 Å². The number of fused-ring (bicyclic) bond motifs is 3. The van der Waals surface area contributed by atoms with Crippen molar-refractivity contribution in [2.24, 2.45) is 62.4 Å². The van der Waals surface area contributed by atoms with E-state index < -0.39 is 68.3 Å². The second-order valence-electron chi connectivity index (χ2n) is 19.3. The number of ether oxygens (including phenoxy) is 3. The van der Waals surface area contributed by atoms with Crippen molar-refractivity contribution < 1.29 is 42.1 Å². The highest BCUT2D eigenvalue weighted by atomic mass is 35.5. The van der Waals surface area contributed by atoms with Crippen molar-refractivity contribution in [1.29, 1.82) is 0 Å². The second-order valence-corrected chi connectivity index (χ2v) is 21.6. The van der Waals surface area contributed by atoms with Gasteiger partial charge in [-0.2, -0.15) is 0 Å². The van der Waals surface area contributed by atoms with Crippen molar-refractivity contribution in [1.82, 2.24) is 4.72 Å². The number of rotatable bonds is 16. The Labute approximate surface area is 335 Å². The number of unbranched alkanes of at least 4 members (excludes halogenated alkanes) is 2. The maximum atomic E-state index is 13.7. The maximum Gasteiger partial charge on any atom is 0.323 e. The molecule has 0 aromatic rings. The van der Waals surface area contributed by atoms with Crippen LogP contribution in [-0.4, -0.2) is 81.1 Å². The molecule has 5 rings (SSSR count). The fourth-order valence-corrected chi connectivity index (χ4v) is 14.0. The lowest BCUT2D eigenvalue weighted by molar-refractivity contribution is -0.263. The molecule has 314 valence electrons. The first-order valence-corrected chi connectivity index (χ1v) is 23.0. The summed E-state index contributed by atoms with van der Waals surface area (Å²) in [4.78, 5) is 39.8. The molecule has 1 aliphatic heterocycles. The Morgan fingerprint density at radius 3 is 2.36 bits per heavy atom. The van der Waals surface area contributed by atoms with E-state index in [4.69, 9.17) is 31.5 Å². The molecule has 4 fully saturated rings. The van der Waals surface area contributed by atoms with E-state index in [-0.39, 0.29) is 40.9 Å². The van der Waals surface area contributed by atoms with Crippen molar-refractivity contribution in [3.63, 3.8) is 0 Å². The Hall–Kier alpha value is -1.73. The molecule has 4 N–H and O–H groups in total. The monoisotopic (exact) mass is 812 g/mol. The number of allylic oxidation sites excluding steroid dienone is 1. The average molecular weight is 814 g/mol. The number of nitrogens with two attached hydrogens (primary N) is 1. The minimum atomic E-state index is -3.38. The van der Waals surface area contributed by atoms with Gasteiger partial charge in [0.2, 0.25) is 10.0 Å². The van der Waals surface area contributed by atoms with Gasteiger partial charge in [0.15, 0.2) is 0 Å². The summed E-state index contributed by atoms with van der Waals surface area (Å²) >= 11 is 5.66. The number of aliphatic carboxylic acids is 1. The number of carbonyl (C=O) groups excluding carboxylic acids is 2. The zero-order chi connectivity index (χ0) is 40.8. The van der Waals surface area contributed by atoms with Gasteiger partial charge < -0.3 is 25.1 Å². The lowest BCUT2D eigenvalue weighted by Gasteiger charge is -2.71. The van der Waals surface area contributed by atoms with Crippen LogP contribution in [0.5, 0.6) is 0 Å². The number of carboxylic acid groups (broad SMARTS) is 1. The van der Waals surface area contributed by atoms with Crippen LogP contribution < -0.4 is 10.5 Å². The van der Waals surface area contributed by atoms with Gasteiger partial charge in [0.05, 0.1) is 24.9 Å². The smallest absolute Gasteiger partial charge is 0.323 e. The zero-order valence-electron chi connectivity index (χ0n) is 34.6. The summed E-state index contributed by atoms with van der Waals surface area (Å²) in [7, 11) is -3.38. The van der Waals surface area contributed by atoms with E-state index in [9.17, 15) is 27.9 Å². The van der Waals surface area contributed by atoms with Crippen LogP contribution >= 0.6 is 11.6 Å². The summed E-state index contributed by atoms with van der Waals surface area (Å²) in [6.07, 6.45) is 8.02. The third-order valence-corrected chi connectivity index (χ3v) is 17.7. The zero-order valence-corrected chi connectivity index (χ0v) is 36.2. The molecule has 11 nitrogen and oxygen atoms in total. The van der Waals surface area contributed by atoms with Gasteiger partial charge in [-0.25, -0.2) is 13.1 Å². The first-order valence-electron chi connectivity index (χ1n) is 20.8. The Morgan fingerprint density at radius 2 is 1.73 bits per heavy atom. The second kappa shape index (κ2) is 16.5. The SMILES string of the molecule is CC(=O)O[C@@H]1C[C@]23COC[C@](C)([C@@H]2CC[C@H]2C3=CC[C@@]3(C)[C@H](C(=O)O)[C@@](C)([C@H](C)C(C)C)CC[C@]23C)[C@H]1OC(=O)C(N)CCCCNS(=O)(=O)CCCCCl. The molecule has 0 radical (unpaired) electrons. The van der Waals surface area contributed by atoms with E-state index in [0.29, 0.717) is 70.0 Å². The van der Waals surface area contributed by atoms with Gasteiger partial charge in [-0.15, -0.1) is 11.6 Å². The van der Waals surface area contributed by atoms with Crippen LogP contribution in [0.4, 0.5) is 0 Å². The highest BCUT2D eigenvalue weighted by Crippen LogP contribution is 2.75. The van der Waals surface area contributed by atoms with Gasteiger partial charge in [-0.1, -0.05) is 66.5 Å². The van der Waals surface area contributed by atoms with Gasteiger partial charge >= 0.3 is 17.9 Å². The van der Waals surface area contributed by atoms with E-state index >= 15 is 0 Å². The largest absolute Gasteiger partial charge is 0.481 e. The van der Waals surface area contributed by atoms with E-state index in [1.807, 2.05) is 0 Å². The number of halogens is 1. The summed E-state index contributed by atoms with van der Waals surface area (Å²) in [5, 5.41) is 11.0. The lowest BCUT2D eigenvalue weighted by Crippen LogP contribution is -2.70. The van der Waals surface area contributed by atoms with Crippen molar-refractivity contribution in [3.05, 3.63) is 11.6 Å². The molecular weight excluding hydrogens is 744 g/mol. The van der Waals surface area contributed by atoms with Crippen molar-refractivity contribution in [2.45, 2.75) is 144 Å². The Kier molecular flexibility index (Phi) is 13.3. The van der Waals surface area contributed by atoms with E-state index in [1.54, 1.807) is 0 Å². The minimum absolute atomic E-state index is 0.0281. The van der Waals surface area contributed by atoms with Crippen LogP contribution in [-0.2, 0) is 38.6 Å². The molecule has 13 heteroatoms. The highest BCUT2D eigenvalue weighted by Gasteiger charge is 2.72. The van der Waals surface area contributed by atoms with Crippen LogP contribution in [0.25, 0.3) is 0 Å². The molecule has 12 atom stereocenters. The number of alkyl halides is 1. The first kappa shape index (κ1) is 44.4. The van der Waals surface area contributed by atoms with Crippen LogP contribution in [0.2, 0.25) is 0 Å². The molecular formula is C42H69ClN2O9S. The third kappa shape index (κ3) is 7.90. The standard InChI is InChI=1S/C42H69ClN2O9S/c1-26(2)27(3)38(5)18-19-40(7)29-14-15-33-39(6)24-52-25-42(33,30(29)16-17-41(40,8)34(38)36(47)48)23-32(53-28(4)46)35(39)54-37(49)31(44)13-9-11-21-45-55(50,51)22-12-10-20-43/h16,26-27,29,31-35,45H,9-15,17-25,44H2,1-8H3,(H,47,48)/t27-,29+,31?,32-,33+,34-,35+,38-,39-,40-,41+,42-/m1/s1. The van der Waals surface area contributed by atoms with Crippen LogP contribution in [0, 0.1) is 56.7 Å². The molecule has 1 unspecified atom stereocenters. The number of hydrogen-bond donors (Lipinski definition) is 3. The predicted octanol–water partition coefficient (Wildman–Crippen LogP) is 6.85. The summed E-state index contributed by atoms with van der Waals surface area (Å²) in [6, 6.07) is -0.926. The van der Waals surface area contributed by atoms with Gasteiger partial charge in [0.1, 0.15) is 18.2 Å². The number of sulfonamides is 1. The molecule has 0 aromatic heterocycles. The molecule has 0 aromatic carbocycles. The first-order chi connectivity index (χ1) is 25.6. The number of carbonyl (C=O) groups is 3. The summed E-state index contributed by atoms with van der Waals surface area (Å²) in [6.45, 7) is 18.0. The van der Waals surface area contributed by atoms with Gasteiger partial charge in [0.25, 0.3) is 0 Å². The number of hydrogen-bond acceptors (Lipinski definition) is 9. The third-order valence-electron chi connectivity index (χ3n) is 16.0. The molecule has 1 heterocycles. The Morgan fingerprint density at radius 1 is 1.02 bits per heavy atom. The van der Waals surface area contributed by atoms with Crippen molar-refractivity contribution in [2.75, 3.05) is 31.4 Å². The average Bonchev–Trinajstić information content (AvgIpc) is 3.09. The molecule has 5 aliphatic rings. The Bertz CT molecular complexity index is 1590. The molecule has 55 heavy (non-hydrogen) atoms. The molecule has 1 saturated heterocycles. The van der Waals surface area contributed by atoms with Crippen LogP contribution in [0.3, 0.4) is 0 Å². The fraction of sp³-hybridized carbons (Fsp3) is 0.881. The van der Waals surface area contributed by atoms with E-state index in [1.165, 1.54) is 12.5 Å². The summed E-state index contributed by atoms with van der Waals surface area (Å²) < 4.78 is 45.9. The minimum Gasteiger partial charge on any atom is -0.481 e. The molecule has 4 aliphatic carbocycles. The van der Waals surface area contributed by atoms with E-state index in [0.717, 1.165) is 25.7 Å². The lowest BCUT2D eigenvalue weighted by atomic mass is 9.34. The summed E-state index contributed by atoms with van der Waals surface area (Å²) in [5.41, 5.74) is 5.51. The molecule has 3 saturated carbocycles. The maximum absolute atomic E-state index is 13.7. The van der Waals surface area contributed by atoms with E-state index in [2.05, 4.69) is 59.3 Å².